The molecule has 184 valence electrons. The molecule has 1 aliphatic rings. The van der Waals surface area contributed by atoms with E-state index in [2.05, 4.69) is 34.6 Å². The Morgan fingerprint density at radius 1 is 1.00 bits per heavy atom. The van der Waals surface area contributed by atoms with Crippen molar-refractivity contribution in [2.75, 3.05) is 13.2 Å². The molecule has 1 aromatic heterocycles. The van der Waals surface area contributed by atoms with Crippen molar-refractivity contribution >= 4 is 17.0 Å². The molecule has 2 atom stereocenters. The molecule has 2 unspecified atom stereocenters. The Balaban J connectivity index is 1.15. The molecule has 7 nitrogen and oxygen atoms in total. The molecule has 0 bridgehead atoms. The Kier molecular flexibility index (Phi) is 6.59. The van der Waals surface area contributed by atoms with Crippen LogP contribution in [0.2, 0.25) is 0 Å². The summed E-state index contributed by atoms with van der Waals surface area (Å²) in [4.78, 5) is 27.7. The molecular weight excluding hydrogens is 456 g/mol. The van der Waals surface area contributed by atoms with Gasteiger partial charge in [0.1, 0.15) is 12.7 Å². The van der Waals surface area contributed by atoms with Gasteiger partial charge in [-0.05, 0) is 53.3 Å². The third-order valence-corrected chi connectivity index (χ3v) is 6.75. The van der Waals surface area contributed by atoms with Crippen LogP contribution < -0.4 is 10.7 Å². The zero-order valence-corrected chi connectivity index (χ0v) is 19.9. The first-order valence-corrected chi connectivity index (χ1v) is 12.0. The highest BCUT2D eigenvalue weighted by molar-refractivity contribution is 5.80. The number of aliphatic hydroxyl groups excluding tert-OH is 2. The number of hydrogen-bond acceptors (Lipinski definition) is 5. The van der Waals surface area contributed by atoms with Gasteiger partial charge in [-0.1, -0.05) is 54.6 Å². The predicted molar refractivity (Wildman–Crippen MR) is 138 cm³/mol. The number of H-pyrrole nitrogens is 1. The van der Waals surface area contributed by atoms with Gasteiger partial charge in [0.25, 0.3) is 0 Å². The van der Waals surface area contributed by atoms with Crippen LogP contribution in [0, 0.1) is 6.92 Å². The number of aromatic nitrogens is 1. The maximum Gasteiger partial charge on any atom is 0.407 e. The first kappa shape index (κ1) is 23.8. The van der Waals surface area contributed by atoms with Crippen LogP contribution in [-0.4, -0.2) is 40.5 Å². The normalized spacial score (nSPS) is 14.2. The van der Waals surface area contributed by atoms with E-state index in [1.165, 1.54) is 6.07 Å². The molecule has 4 aromatic rings. The van der Waals surface area contributed by atoms with Gasteiger partial charge >= 0.3 is 6.09 Å². The third-order valence-electron chi connectivity index (χ3n) is 6.75. The number of aryl methyl sites for hydroxylation is 1. The smallest absolute Gasteiger partial charge is 0.407 e. The van der Waals surface area contributed by atoms with E-state index in [1.54, 1.807) is 25.1 Å². The van der Waals surface area contributed by atoms with Crippen molar-refractivity contribution in [2.45, 2.75) is 31.5 Å². The third kappa shape index (κ3) is 4.63. The van der Waals surface area contributed by atoms with E-state index in [1.807, 2.05) is 24.3 Å². The van der Waals surface area contributed by atoms with Crippen molar-refractivity contribution in [2.24, 2.45) is 0 Å². The number of alkyl carbamates (subject to hydrolysis) is 1. The zero-order chi connectivity index (χ0) is 25.2. The second-order valence-corrected chi connectivity index (χ2v) is 9.17. The molecule has 0 radical (unpaired) electrons. The molecule has 3 aromatic carbocycles. The van der Waals surface area contributed by atoms with Gasteiger partial charge in [-0.25, -0.2) is 4.79 Å². The molecule has 0 fully saturated rings. The lowest BCUT2D eigenvalue weighted by Gasteiger charge is -2.19. The lowest BCUT2D eigenvalue weighted by molar-refractivity contribution is 0.0137. The summed E-state index contributed by atoms with van der Waals surface area (Å²) in [5.74, 6) is -0.0320. The number of benzene rings is 3. The van der Waals surface area contributed by atoms with Crippen LogP contribution in [0.15, 0.2) is 77.6 Å². The van der Waals surface area contributed by atoms with Gasteiger partial charge in [-0.3, -0.25) is 4.79 Å². The fourth-order valence-corrected chi connectivity index (χ4v) is 4.93. The minimum atomic E-state index is -1.19. The summed E-state index contributed by atoms with van der Waals surface area (Å²) < 4.78 is 5.51. The molecule has 7 heteroatoms. The number of ether oxygens (including phenoxy) is 1. The standard InChI is InChI=1S/C29H28N2O5/c1-17-14-27(33)23-15-18(10-11-25(23)31-17)28(34)26(32)12-13-30-29(35)36-16-24-21-8-4-2-6-19(21)20-7-3-5-9-22(20)24/h2-11,14-15,24,26,28,32,34H,12-13,16H2,1H3,(H,30,35)(H,31,33). The van der Waals surface area contributed by atoms with Crippen LogP contribution in [0.1, 0.15) is 40.8 Å². The summed E-state index contributed by atoms with van der Waals surface area (Å²) in [7, 11) is 0. The molecule has 1 heterocycles. The first-order valence-electron chi connectivity index (χ1n) is 12.0. The molecule has 0 aliphatic heterocycles. The van der Waals surface area contributed by atoms with Gasteiger partial charge in [0, 0.05) is 35.1 Å². The van der Waals surface area contributed by atoms with E-state index >= 15 is 0 Å². The molecule has 0 spiro atoms. The van der Waals surface area contributed by atoms with Crippen molar-refractivity contribution in [1.82, 2.24) is 10.3 Å². The van der Waals surface area contributed by atoms with Crippen LogP contribution in [-0.2, 0) is 4.74 Å². The van der Waals surface area contributed by atoms with Crippen LogP contribution in [0.4, 0.5) is 4.79 Å². The van der Waals surface area contributed by atoms with Crippen LogP contribution >= 0.6 is 0 Å². The number of nitrogens with one attached hydrogen (secondary N) is 2. The minimum absolute atomic E-state index is 0.0320. The summed E-state index contributed by atoms with van der Waals surface area (Å²) in [6, 6.07) is 22.7. The highest BCUT2D eigenvalue weighted by Gasteiger charge is 2.29. The molecule has 1 amide bonds. The predicted octanol–water partition coefficient (Wildman–Crippen LogP) is 4.16. The van der Waals surface area contributed by atoms with E-state index in [-0.39, 0.29) is 30.9 Å². The zero-order valence-electron chi connectivity index (χ0n) is 19.9. The van der Waals surface area contributed by atoms with Crippen LogP contribution in [0.25, 0.3) is 22.0 Å². The summed E-state index contributed by atoms with van der Waals surface area (Å²) in [5, 5.41) is 24.1. The second kappa shape index (κ2) is 9.97. The number of aliphatic hydroxyl groups is 2. The van der Waals surface area contributed by atoms with Gasteiger partial charge in [0.05, 0.1) is 6.10 Å². The van der Waals surface area contributed by atoms with Crippen LogP contribution in [0.3, 0.4) is 0 Å². The molecule has 4 N–H and O–H groups in total. The number of pyridine rings is 1. The number of aromatic amines is 1. The Morgan fingerprint density at radius 2 is 1.67 bits per heavy atom. The van der Waals surface area contributed by atoms with E-state index in [0.717, 1.165) is 27.9 Å². The SMILES string of the molecule is Cc1cc(=O)c2cc(C(O)C(O)CCNC(=O)OCC3c4ccccc4-c4ccccc43)ccc2[nH]1. The van der Waals surface area contributed by atoms with Gasteiger partial charge in [-0.2, -0.15) is 0 Å². The van der Waals surface area contributed by atoms with Crippen LogP contribution in [0.5, 0.6) is 0 Å². The maximum absolute atomic E-state index is 12.3. The molecule has 0 saturated carbocycles. The lowest BCUT2D eigenvalue weighted by Crippen LogP contribution is -2.30. The second-order valence-electron chi connectivity index (χ2n) is 9.17. The minimum Gasteiger partial charge on any atom is -0.449 e. The van der Waals surface area contributed by atoms with Crippen molar-refractivity contribution < 1.29 is 19.7 Å². The highest BCUT2D eigenvalue weighted by atomic mass is 16.5. The quantitative estimate of drug-likeness (QED) is 0.315. The maximum atomic E-state index is 12.3. The molecular formula is C29H28N2O5. The fraction of sp³-hybridized carbons (Fsp3) is 0.241. The number of fused-ring (bicyclic) bond motifs is 4. The van der Waals surface area contributed by atoms with Crippen molar-refractivity contribution in [3.05, 3.63) is 105 Å². The molecule has 1 aliphatic carbocycles. The monoisotopic (exact) mass is 484 g/mol. The number of carbonyl (C=O) groups is 1. The topological polar surface area (TPSA) is 112 Å². The Labute approximate surface area is 208 Å². The molecule has 36 heavy (non-hydrogen) atoms. The van der Waals surface area contributed by atoms with Crippen molar-refractivity contribution in [3.63, 3.8) is 0 Å². The van der Waals surface area contributed by atoms with Gasteiger partial charge in [0.2, 0.25) is 0 Å². The van der Waals surface area contributed by atoms with Gasteiger partial charge in [-0.15, -0.1) is 0 Å². The molecule has 5 rings (SSSR count). The first-order chi connectivity index (χ1) is 17.4. The summed E-state index contributed by atoms with van der Waals surface area (Å²) in [5.41, 5.74) is 6.29. The number of hydrogen-bond donors (Lipinski definition) is 4. The lowest BCUT2D eigenvalue weighted by atomic mass is 9.98. The van der Waals surface area contributed by atoms with E-state index in [9.17, 15) is 19.8 Å². The van der Waals surface area contributed by atoms with Crippen molar-refractivity contribution in [1.29, 1.82) is 0 Å². The van der Waals surface area contributed by atoms with E-state index < -0.39 is 18.3 Å². The molecule has 0 saturated heterocycles. The van der Waals surface area contributed by atoms with E-state index in [4.69, 9.17) is 4.74 Å². The number of rotatable bonds is 7. The number of carbonyl (C=O) groups excluding carboxylic acids is 1. The summed E-state index contributed by atoms with van der Waals surface area (Å²) in [6.45, 7) is 2.13. The number of amides is 1. The average Bonchev–Trinajstić information content (AvgIpc) is 3.20. The van der Waals surface area contributed by atoms with Gasteiger partial charge in [0.15, 0.2) is 5.43 Å². The Morgan fingerprint density at radius 3 is 2.36 bits per heavy atom. The summed E-state index contributed by atoms with van der Waals surface area (Å²) >= 11 is 0. The Bertz CT molecular complexity index is 1430. The fourth-order valence-electron chi connectivity index (χ4n) is 4.93. The summed E-state index contributed by atoms with van der Waals surface area (Å²) in [6.07, 6.45) is -2.78. The Hall–Kier alpha value is -3.94. The van der Waals surface area contributed by atoms with E-state index in [0.29, 0.717) is 16.5 Å². The van der Waals surface area contributed by atoms with Crippen molar-refractivity contribution in [3.8, 4) is 11.1 Å². The average molecular weight is 485 g/mol. The largest absolute Gasteiger partial charge is 0.449 e. The highest BCUT2D eigenvalue weighted by Crippen LogP contribution is 2.44. The van der Waals surface area contributed by atoms with Gasteiger partial charge < -0.3 is 25.3 Å².